The number of hydrogen-bond acceptors (Lipinski definition) is 3. The van der Waals surface area contributed by atoms with Crippen molar-refractivity contribution in [3.63, 3.8) is 0 Å². The molecule has 0 aliphatic heterocycles. The molecular formula is C29H37FO3. The lowest BCUT2D eigenvalue weighted by Gasteiger charge is -2.42. The van der Waals surface area contributed by atoms with Gasteiger partial charge in [-0.1, -0.05) is 45.1 Å². The van der Waals surface area contributed by atoms with Gasteiger partial charge in [0, 0.05) is 0 Å². The van der Waals surface area contributed by atoms with Gasteiger partial charge in [0.15, 0.2) is 0 Å². The van der Waals surface area contributed by atoms with Crippen LogP contribution in [0.5, 0.6) is 11.5 Å². The summed E-state index contributed by atoms with van der Waals surface area (Å²) in [6.07, 6.45) is 12.8. The number of halogens is 1. The van der Waals surface area contributed by atoms with E-state index in [4.69, 9.17) is 9.47 Å². The van der Waals surface area contributed by atoms with E-state index in [1.807, 2.05) is 0 Å². The lowest BCUT2D eigenvalue weighted by atomic mass is 9.63. The third-order valence-corrected chi connectivity index (χ3v) is 7.88. The van der Waals surface area contributed by atoms with Crippen LogP contribution < -0.4 is 9.47 Å². The smallest absolute Gasteiger partial charge is 0.343 e. The van der Waals surface area contributed by atoms with Crippen molar-refractivity contribution in [2.75, 3.05) is 7.11 Å². The fourth-order valence-corrected chi connectivity index (χ4v) is 6.01. The van der Waals surface area contributed by atoms with Crippen LogP contribution in [0.4, 0.5) is 4.39 Å². The molecular weight excluding hydrogens is 415 g/mol. The molecule has 4 rings (SSSR count). The number of ether oxygens (including phenoxy) is 2. The summed E-state index contributed by atoms with van der Waals surface area (Å²) in [6, 6.07) is 11.6. The lowest BCUT2D eigenvalue weighted by Crippen LogP contribution is -2.30. The number of methoxy groups -OCH3 is 1. The van der Waals surface area contributed by atoms with Gasteiger partial charge in [-0.25, -0.2) is 9.18 Å². The highest BCUT2D eigenvalue weighted by atomic mass is 19.1. The van der Waals surface area contributed by atoms with Gasteiger partial charge in [-0.3, -0.25) is 0 Å². The van der Waals surface area contributed by atoms with Gasteiger partial charge >= 0.3 is 5.97 Å². The number of fused-ring (bicyclic) bond motifs is 1. The molecule has 2 aromatic rings. The maximum Gasteiger partial charge on any atom is 0.343 e. The third-order valence-electron chi connectivity index (χ3n) is 7.88. The molecule has 0 amide bonds. The molecule has 2 aliphatic carbocycles. The van der Waals surface area contributed by atoms with Crippen LogP contribution in [0.1, 0.15) is 93.0 Å². The fourth-order valence-electron chi connectivity index (χ4n) is 6.01. The molecule has 0 aromatic heterocycles. The van der Waals surface area contributed by atoms with E-state index in [0.717, 1.165) is 36.2 Å². The minimum atomic E-state index is -0.546. The highest BCUT2D eigenvalue weighted by molar-refractivity contribution is 5.91. The van der Waals surface area contributed by atoms with E-state index in [1.54, 1.807) is 43.5 Å². The first kappa shape index (κ1) is 23.8. The van der Waals surface area contributed by atoms with Crippen LogP contribution in [-0.2, 0) is 0 Å². The monoisotopic (exact) mass is 452 g/mol. The summed E-state index contributed by atoms with van der Waals surface area (Å²) in [5, 5.41) is 0. The molecule has 0 heterocycles. The second-order valence-corrected chi connectivity index (χ2v) is 10.0. The molecule has 2 saturated carbocycles. The molecule has 178 valence electrons. The van der Waals surface area contributed by atoms with Crippen molar-refractivity contribution in [3.05, 3.63) is 59.4 Å². The zero-order valence-electron chi connectivity index (χ0n) is 20.0. The molecule has 1 unspecified atom stereocenters. The van der Waals surface area contributed by atoms with E-state index >= 15 is 4.39 Å². The van der Waals surface area contributed by atoms with Crippen LogP contribution in [0.15, 0.2) is 42.5 Å². The summed E-state index contributed by atoms with van der Waals surface area (Å²) in [6.45, 7) is 2.27. The molecule has 0 bridgehead atoms. The summed E-state index contributed by atoms with van der Waals surface area (Å²) >= 11 is 0. The van der Waals surface area contributed by atoms with Crippen molar-refractivity contribution in [2.24, 2.45) is 17.8 Å². The zero-order chi connectivity index (χ0) is 23.2. The number of carbonyl (C=O) groups excluding carboxylic acids is 1. The molecule has 0 N–H and O–H groups in total. The van der Waals surface area contributed by atoms with Gasteiger partial charge in [0.2, 0.25) is 0 Å². The van der Waals surface area contributed by atoms with Crippen molar-refractivity contribution >= 4 is 5.97 Å². The van der Waals surface area contributed by atoms with Crippen molar-refractivity contribution in [3.8, 4) is 11.5 Å². The van der Waals surface area contributed by atoms with Crippen molar-refractivity contribution in [2.45, 2.75) is 77.0 Å². The minimum absolute atomic E-state index is 0.244. The molecule has 2 aromatic carbocycles. The van der Waals surface area contributed by atoms with Gasteiger partial charge in [0.05, 0.1) is 12.7 Å². The predicted octanol–water partition coefficient (Wildman–Crippen LogP) is 7.93. The second kappa shape index (κ2) is 11.2. The molecule has 2 aliphatic rings. The van der Waals surface area contributed by atoms with E-state index < -0.39 is 5.97 Å². The first-order valence-corrected chi connectivity index (χ1v) is 12.7. The summed E-state index contributed by atoms with van der Waals surface area (Å²) in [5.41, 5.74) is 1.01. The standard InChI is InChI=1S/C29H37FO3/c1-3-4-5-6-20-7-8-22-18-23(10-9-21(22)17-20)27-16-11-24(19-28(27)30)29(31)33-26-14-12-25(32-2)13-15-26/h11-16,19-23H,3-10,17-18H2,1-2H3/t20-,21-,22+,23?/m0/s1. The highest BCUT2D eigenvalue weighted by Gasteiger charge is 2.36. The molecule has 0 radical (unpaired) electrons. The predicted molar refractivity (Wildman–Crippen MR) is 129 cm³/mol. The number of hydrogen-bond donors (Lipinski definition) is 0. The first-order chi connectivity index (χ1) is 16.1. The number of unbranched alkanes of at least 4 members (excludes halogenated alkanes) is 2. The van der Waals surface area contributed by atoms with E-state index in [2.05, 4.69) is 6.92 Å². The van der Waals surface area contributed by atoms with Crippen molar-refractivity contribution < 1.29 is 18.7 Å². The maximum absolute atomic E-state index is 15.1. The molecule has 2 fully saturated rings. The van der Waals surface area contributed by atoms with E-state index in [-0.39, 0.29) is 17.3 Å². The average molecular weight is 453 g/mol. The molecule has 0 saturated heterocycles. The van der Waals surface area contributed by atoms with Gasteiger partial charge in [0.25, 0.3) is 0 Å². The van der Waals surface area contributed by atoms with Gasteiger partial charge in [-0.2, -0.15) is 0 Å². The van der Waals surface area contributed by atoms with Gasteiger partial charge in [0.1, 0.15) is 17.3 Å². The SMILES string of the molecule is CCCCC[C@H]1CC[C@@H]2CC(c3ccc(C(=O)Oc4ccc(OC)cc4)cc3F)CC[C@H]2C1. The molecule has 33 heavy (non-hydrogen) atoms. The number of rotatable bonds is 8. The van der Waals surface area contributed by atoms with Crippen molar-refractivity contribution in [1.29, 1.82) is 0 Å². The first-order valence-electron chi connectivity index (χ1n) is 12.7. The molecule has 3 nitrogen and oxygen atoms in total. The van der Waals surface area contributed by atoms with E-state index in [1.165, 1.54) is 57.4 Å². The number of carbonyl (C=O) groups is 1. The third kappa shape index (κ3) is 5.96. The average Bonchev–Trinajstić information content (AvgIpc) is 2.84. The Morgan fingerprint density at radius 1 is 0.939 bits per heavy atom. The Bertz CT molecular complexity index is 923. The summed E-state index contributed by atoms with van der Waals surface area (Å²) in [5.74, 6) is 2.98. The normalized spacial score (nSPS) is 24.7. The minimum Gasteiger partial charge on any atom is -0.497 e. The van der Waals surface area contributed by atoms with Crippen LogP contribution in [0, 0.1) is 23.6 Å². The molecule has 4 heteroatoms. The Morgan fingerprint density at radius 2 is 1.67 bits per heavy atom. The highest BCUT2D eigenvalue weighted by Crippen LogP contribution is 2.48. The quantitative estimate of drug-likeness (QED) is 0.232. The molecule has 0 spiro atoms. The van der Waals surface area contributed by atoms with E-state index in [9.17, 15) is 4.79 Å². The summed E-state index contributed by atoms with van der Waals surface area (Å²) in [7, 11) is 1.58. The maximum atomic E-state index is 15.1. The lowest BCUT2D eigenvalue weighted by molar-refractivity contribution is 0.0734. The van der Waals surface area contributed by atoms with Crippen LogP contribution in [-0.4, -0.2) is 13.1 Å². The Kier molecular flexibility index (Phi) is 8.06. The summed E-state index contributed by atoms with van der Waals surface area (Å²) in [4.78, 5) is 12.5. The van der Waals surface area contributed by atoms with Crippen LogP contribution in [0.3, 0.4) is 0 Å². The largest absolute Gasteiger partial charge is 0.497 e. The Hall–Kier alpha value is -2.36. The summed E-state index contributed by atoms with van der Waals surface area (Å²) < 4.78 is 25.6. The number of benzene rings is 2. The zero-order valence-corrected chi connectivity index (χ0v) is 20.0. The Morgan fingerprint density at radius 3 is 2.39 bits per heavy atom. The van der Waals surface area contributed by atoms with Crippen LogP contribution in [0.2, 0.25) is 0 Å². The van der Waals surface area contributed by atoms with Gasteiger partial charge < -0.3 is 9.47 Å². The second-order valence-electron chi connectivity index (χ2n) is 10.0. The Labute approximate surface area is 197 Å². The van der Waals surface area contributed by atoms with Crippen LogP contribution >= 0.6 is 0 Å². The van der Waals surface area contributed by atoms with Gasteiger partial charge in [-0.15, -0.1) is 0 Å². The number of esters is 1. The molecule has 4 atom stereocenters. The van der Waals surface area contributed by atoms with Gasteiger partial charge in [-0.05, 0) is 97.7 Å². The fraction of sp³-hybridized carbons (Fsp3) is 0.552. The van der Waals surface area contributed by atoms with Crippen molar-refractivity contribution in [1.82, 2.24) is 0 Å². The van der Waals surface area contributed by atoms with E-state index in [0.29, 0.717) is 11.5 Å². The topological polar surface area (TPSA) is 35.5 Å². The Balaban J connectivity index is 1.34. The van der Waals surface area contributed by atoms with Crippen LogP contribution in [0.25, 0.3) is 0 Å².